The normalized spacial score (nSPS) is 15.7. The van der Waals surface area contributed by atoms with Crippen molar-refractivity contribution >= 4 is 43.3 Å². The molecule has 0 heterocycles. The molecule has 0 spiro atoms. The summed E-state index contributed by atoms with van der Waals surface area (Å²) in [5, 5.41) is 7.00. The van der Waals surface area contributed by atoms with E-state index >= 15 is 0 Å². The van der Waals surface area contributed by atoms with Crippen molar-refractivity contribution in [1.29, 1.82) is 0 Å². The van der Waals surface area contributed by atoms with E-state index in [9.17, 15) is 13.2 Å². The molecule has 2 N–H and O–H groups in total. The summed E-state index contributed by atoms with van der Waals surface area (Å²) in [6, 6.07) is 13.6. The number of sulfonamides is 1. The number of hydrogen-bond donors (Lipinski definition) is 2. The van der Waals surface area contributed by atoms with Crippen LogP contribution in [-0.4, -0.2) is 20.0 Å². The smallest absolute Gasteiger partial charge is 0.276 e. The van der Waals surface area contributed by atoms with Crippen LogP contribution in [0.1, 0.15) is 44.6 Å². The molecule has 8 heteroatoms. The summed E-state index contributed by atoms with van der Waals surface area (Å²) < 4.78 is 25.5. The molecule has 0 aliphatic heterocycles. The van der Waals surface area contributed by atoms with Gasteiger partial charge in [-0.15, -0.1) is 0 Å². The first-order valence-electron chi connectivity index (χ1n) is 9.58. The van der Waals surface area contributed by atoms with Crippen LogP contribution < -0.4 is 10.1 Å². The van der Waals surface area contributed by atoms with E-state index < -0.39 is 10.0 Å². The molecule has 0 bridgehead atoms. The number of amides is 1. The molecule has 1 saturated carbocycles. The molecule has 0 atom stereocenters. The van der Waals surface area contributed by atoms with Gasteiger partial charge in [-0.1, -0.05) is 47.3 Å². The Morgan fingerprint density at radius 3 is 2.45 bits per heavy atom. The second kappa shape index (κ2) is 9.54. The first kappa shape index (κ1) is 21.5. The lowest BCUT2D eigenvalue weighted by Gasteiger charge is -2.20. The van der Waals surface area contributed by atoms with Crippen molar-refractivity contribution in [3.8, 4) is 0 Å². The van der Waals surface area contributed by atoms with E-state index in [0.29, 0.717) is 11.4 Å². The highest BCUT2D eigenvalue weighted by Crippen LogP contribution is 2.25. The topological polar surface area (TPSA) is 87.6 Å². The van der Waals surface area contributed by atoms with Crippen molar-refractivity contribution in [2.24, 2.45) is 11.0 Å². The summed E-state index contributed by atoms with van der Waals surface area (Å²) in [6.07, 6.45) is 5.27. The first-order chi connectivity index (χ1) is 13.8. The number of nitrogens with zero attached hydrogens (tertiary/aromatic N) is 1. The van der Waals surface area contributed by atoms with Crippen LogP contribution in [0.15, 0.2) is 63.0 Å². The van der Waals surface area contributed by atoms with Crippen LogP contribution in [0.3, 0.4) is 0 Å². The predicted molar refractivity (Wildman–Crippen MR) is 118 cm³/mol. The Kier molecular flexibility index (Phi) is 7.08. The molecule has 6 nitrogen and oxygen atoms in total. The Bertz CT molecular complexity index is 998. The standard InChI is InChI=1S/C21H24BrN3O3S/c1-15(24-25-29(27,28)20-12-10-18(22)11-13-20)17-8-5-9-19(14-17)23-21(26)16-6-3-2-4-7-16/h5,8-14,16,25H,2-4,6-7H2,1H3,(H,23,26). The molecule has 1 amide bonds. The van der Waals surface area contributed by atoms with E-state index in [-0.39, 0.29) is 16.7 Å². The summed E-state index contributed by atoms with van der Waals surface area (Å²) in [7, 11) is -3.75. The molecular formula is C21H24BrN3O3S. The Morgan fingerprint density at radius 1 is 1.07 bits per heavy atom. The minimum absolute atomic E-state index is 0.0485. The number of carbonyl (C=O) groups excluding carboxylic acids is 1. The first-order valence-corrected chi connectivity index (χ1v) is 11.9. The number of halogens is 1. The van der Waals surface area contributed by atoms with Crippen molar-refractivity contribution in [3.05, 3.63) is 58.6 Å². The van der Waals surface area contributed by atoms with Crippen LogP contribution in [0, 0.1) is 5.92 Å². The Balaban J connectivity index is 1.68. The molecular weight excluding hydrogens is 454 g/mol. The third kappa shape index (κ3) is 5.90. The van der Waals surface area contributed by atoms with Gasteiger partial charge in [-0.3, -0.25) is 4.79 Å². The largest absolute Gasteiger partial charge is 0.326 e. The predicted octanol–water partition coefficient (Wildman–Crippen LogP) is 4.67. The van der Waals surface area contributed by atoms with E-state index in [1.54, 1.807) is 25.1 Å². The third-order valence-electron chi connectivity index (χ3n) is 4.98. The molecule has 2 aromatic carbocycles. The number of benzene rings is 2. The Labute approximate surface area is 180 Å². The van der Waals surface area contributed by atoms with Crippen LogP contribution in [-0.2, 0) is 14.8 Å². The van der Waals surface area contributed by atoms with Gasteiger partial charge in [-0.2, -0.15) is 18.4 Å². The van der Waals surface area contributed by atoms with Gasteiger partial charge >= 0.3 is 0 Å². The van der Waals surface area contributed by atoms with E-state index in [2.05, 4.69) is 31.2 Å². The lowest BCUT2D eigenvalue weighted by atomic mass is 9.88. The quantitative estimate of drug-likeness (QED) is 0.467. The van der Waals surface area contributed by atoms with Gasteiger partial charge in [-0.05, 0) is 61.7 Å². The zero-order chi connectivity index (χ0) is 20.9. The highest BCUT2D eigenvalue weighted by molar-refractivity contribution is 9.10. The summed E-state index contributed by atoms with van der Waals surface area (Å²) in [6.45, 7) is 1.71. The van der Waals surface area contributed by atoms with Gasteiger partial charge in [0.15, 0.2) is 0 Å². The van der Waals surface area contributed by atoms with Crippen molar-refractivity contribution in [3.63, 3.8) is 0 Å². The number of nitrogens with one attached hydrogen (secondary N) is 2. The summed E-state index contributed by atoms with van der Waals surface area (Å²) in [5.41, 5.74) is 1.91. The minimum atomic E-state index is -3.75. The fraction of sp³-hybridized carbons (Fsp3) is 0.333. The van der Waals surface area contributed by atoms with Gasteiger partial charge in [0.25, 0.3) is 10.0 Å². The van der Waals surface area contributed by atoms with E-state index in [1.807, 2.05) is 18.2 Å². The lowest BCUT2D eigenvalue weighted by molar-refractivity contribution is -0.120. The third-order valence-corrected chi connectivity index (χ3v) is 6.73. The number of hydrazone groups is 1. The van der Waals surface area contributed by atoms with Crippen molar-refractivity contribution < 1.29 is 13.2 Å². The molecule has 0 saturated heterocycles. The average Bonchev–Trinajstić information content (AvgIpc) is 2.73. The zero-order valence-corrected chi connectivity index (χ0v) is 18.6. The van der Waals surface area contributed by atoms with E-state index in [4.69, 9.17) is 0 Å². The highest BCUT2D eigenvalue weighted by atomic mass is 79.9. The highest BCUT2D eigenvalue weighted by Gasteiger charge is 2.21. The van der Waals surface area contributed by atoms with Crippen molar-refractivity contribution in [1.82, 2.24) is 4.83 Å². The molecule has 1 fully saturated rings. The lowest BCUT2D eigenvalue weighted by Crippen LogP contribution is -2.24. The summed E-state index contributed by atoms with van der Waals surface area (Å²) >= 11 is 3.28. The van der Waals surface area contributed by atoms with Crippen LogP contribution in [0.5, 0.6) is 0 Å². The maximum absolute atomic E-state index is 12.5. The van der Waals surface area contributed by atoms with Gasteiger partial charge in [0, 0.05) is 16.1 Å². The molecule has 0 aromatic heterocycles. The Morgan fingerprint density at radius 2 is 1.76 bits per heavy atom. The molecule has 154 valence electrons. The molecule has 1 aliphatic rings. The molecule has 1 aliphatic carbocycles. The van der Waals surface area contributed by atoms with Crippen LogP contribution in [0.25, 0.3) is 0 Å². The number of carbonyl (C=O) groups is 1. The van der Waals surface area contributed by atoms with Gasteiger partial charge in [0.2, 0.25) is 5.91 Å². The summed E-state index contributed by atoms with van der Waals surface area (Å²) in [4.78, 5) is 14.8. The van der Waals surface area contributed by atoms with E-state index in [0.717, 1.165) is 35.7 Å². The fourth-order valence-electron chi connectivity index (χ4n) is 3.29. The number of rotatable bonds is 6. The second-order valence-electron chi connectivity index (χ2n) is 7.15. The SMILES string of the molecule is CC(=NNS(=O)(=O)c1ccc(Br)cc1)c1cccc(NC(=O)C2CCCCC2)c1. The Hall–Kier alpha value is -2.19. The van der Waals surface area contributed by atoms with Gasteiger partial charge < -0.3 is 5.32 Å². The van der Waals surface area contributed by atoms with Crippen LogP contribution in [0.2, 0.25) is 0 Å². The number of anilines is 1. The van der Waals surface area contributed by atoms with Crippen molar-refractivity contribution in [2.75, 3.05) is 5.32 Å². The second-order valence-corrected chi connectivity index (χ2v) is 9.73. The molecule has 29 heavy (non-hydrogen) atoms. The molecule has 0 unspecified atom stereocenters. The molecule has 0 radical (unpaired) electrons. The van der Waals surface area contributed by atoms with Gasteiger partial charge in [0.1, 0.15) is 0 Å². The van der Waals surface area contributed by atoms with Crippen LogP contribution in [0.4, 0.5) is 5.69 Å². The maximum atomic E-state index is 12.5. The van der Waals surface area contributed by atoms with Crippen molar-refractivity contribution in [2.45, 2.75) is 43.9 Å². The van der Waals surface area contributed by atoms with Gasteiger partial charge in [-0.25, -0.2) is 0 Å². The summed E-state index contributed by atoms with van der Waals surface area (Å²) in [5.74, 6) is 0.118. The fourth-order valence-corrected chi connectivity index (χ4v) is 4.41. The van der Waals surface area contributed by atoms with E-state index in [1.165, 1.54) is 18.6 Å². The van der Waals surface area contributed by atoms with Gasteiger partial charge in [0.05, 0.1) is 10.6 Å². The van der Waals surface area contributed by atoms with Crippen LogP contribution >= 0.6 is 15.9 Å². The molecule has 2 aromatic rings. The number of hydrogen-bond acceptors (Lipinski definition) is 4. The molecule has 3 rings (SSSR count). The minimum Gasteiger partial charge on any atom is -0.326 e. The average molecular weight is 478 g/mol. The monoisotopic (exact) mass is 477 g/mol. The maximum Gasteiger partial charge on any atom is 0.276 e. The zero-order valence-electron chi connectivity index (χ0n) is 16.2.